The van der Waals surface area contributed by atoms with Crippen LogP contribution in [0.25, 0.3) is 0 Å². The number of amides is 1. The Morgan fingerprint density at radius 2 is 1.87 bits per heavy atom. The zero-order valence-corrected chi connectivity index (χ0v) is 22.6. The normalized spacial score (nSPS) is 16.1. The van der Waals surface area contributed by atoms with E-state index in [9.17, 15) is 4.79 Å². The topological polar surface area (TPSA) is 89.3 Å². The van der Waals surface area contributed by atoms with Gasteiger partial charge in [0.25, 0.3) is 5.91 Å². The fourth-order valence-electron chi connectivity index (χ4n) is 3.91. The number of rotatable bonds is 3. The van der Waals surface area contributed by atoms with E-state index in [2.05, 4.69) is 40.7 Å². The highest BCUT2D eigenvalue weighted by molar-refractivity contribution is 6.45. The van der Waals surface area contributed by atoms with Crippen LogP contribution in [0, 0.1) is 11.3 Å². The molecular weight excluding hydrogens is 494 g/mol. The van der Waals surface area contributed by atoms with Crippen LogP contribution in [0.15, 0.2) is 95.5 Å². The lowest BCUT2D eigenvalue weighted by Gasteiger charge is -2.16. The average Bonchev–Trinajstić information content (AvgIpc) is 2.92. The minimum atomic E-state index is -0.263. The van der Waals surface area contributed by atoms with Crippen LogP contribution in [0.5, 0.6) is 0 Å². The summed E-state index contributed by atoms with van der Waals surface area (Å²) in [5.74, 6) is 0.293. The van der Waals surface area contributed by atoms with E-state index in [-0.39, 0.29) is 12.1 Å². The first-order valence-electron chi connectivity index (χ1n) is 12.4. The fraction of sp³-hybridized carbons (Fsp3) is 0.194. The SMILES string of the molecule is C/C=C(Cl)\C1=N/C(C)Nc2cccc(c2)CCc2cc(ccc2NC(=O)c2cccc(C#N)c2)N1.C=CC. The van der Waals surface area contributed by atoms with Gasteiger partial charge in [0.15, 0.2) is 0 Å². The first kappa shape index (κ1) is 28.2. The quantitative estimate of drug-likeness (QED) is 0.308. The highest BCUT2D eigenvalue weighted by Crippen LogP contribution is 2.26. The Kier molecular flexibility index (Phi) is 10.3. The third-order valence-corrected chi connectivity index (χ3v) is 6.06. The number of hydrogen-bond donors (Lipinski definition) is 3. The van der Waals surface area contributed by atoms with Gasteiger partial charge in [-0.1, -0.05) is 42.0 Å². The van der Waals surface area contributed by atoms with Crippen LogP contribution in [-0.4, -0.2) is 17.9 Å². The minimum absolute atomic E-state index is 0.204. The molecule has 1 aliphatic heterocycles. The van der Waals surface area contributed by atoms with Gasteiger partial charge in [-0.15, -0.1) is 6.58 Å². The van der Waals surface area contributed by atoms with Crippen molar-refractivity contribution in [2.75, 3.05) is 16.0 Å². The second-order valence-electron chi connectivity index (χ2n) is 8.69. The van der Waals surface area contributed by atoms with Crippen molar-refractivity contribution in [3.63, 3.8) is 0 Å². The number of nitrogens with one attached hydrogen (secondary N) is 3. The zero-order chi connectivity index (χ0) is 27.5. The van der Waals surface area contributed by atoms with E-state index in [0.29, 0.717) is 28.4 Å². The monoisotopic (exact) mass is 525 g/mol. The highest BCUT2D eigenvalue weighted by Gasteiger charge is 2.14. The van der Waals surface area contributed by atoms with Gasteiger partial charge in [-0.25, -0.2) is 4.99 Å². The van der Waals surface area contributed by atoms with Gasteiger partial charge in [0.2, 0.25) is 0 Å². The number of anilines is 3. The van der Waals surface area contributed by atoms with Gasteiger partial charge in [-0.3, -0.25) is 4.79 Å². The predicted octanol–water partition coefficient (Wildman–Crippen LogP) is 7.51. The molecule has 4 bridgehead atoms. The maximum Gasteiger partial charge on any atom is 0.255 e. The molecule has 38 heavy (non-hydrogen) atoms. The zero-order valence-electron chi connectivity index (χ0n) is 21.9. The minimum Gasteiger partial charge on any atom is -0.364 e. The van der Waals surface area contributed by atoms with Crippen molar-refractivity contribution in [3.8, 4) is 6.07 Å². The van der Waals surface area contributed by atoms with Crippen molar-refractivity contribution in [1.82, 2.24) is 0 Å². The molecule has 0 saturated heterocycles. The van der Waals surface area contributed by atoms with Gasteiger partial charge in [-0.05, 0) is 93.3 Å². The van der Waals surface area contributed by atoms with E-state index in [1.807, 2.05) is 51.1 Å². The van der Waals surface area contributed by atoms with Crippen molar-refractivity contribution in [1.29, 1.82) is 5.26 Å². The van der Waals surface area contributed by atoms with Crippen LogP contribution in [-0.2, 0) is 12.8 Å². The van der Waals surface area contributed by atoms with Crippen LogP contribution < -0.4 is 16.0 Å². The number of nitriles is 1. The van der Waals surface area contributed by atoms with Gasteiger partial charge in [-0.2, -0.15) is 5.26 Å². The summed E-state index contributed by atoms with van der Waals surface area (Å²) in [7, 11) is 0. The molecule has 1 unspecified atom stereocenters. The maximum atomic E-state index is 12.9. The summed E-state index contributed by atoms with van der Waals surface area (Å²) < 4.78 is 0. The predicted molar refractivity (Wildman–Crippen MR) is 159 cm³/mol. The number of aliphatic imine (C=N–C) groups is 1. The molecule has 0 fully saturated rings. The molecule has 7 heteroatoms. The third kappa shape index (κ3) is 7.83. The number of fused-ring (bicyclic) bond motifs is 4. The molecule has 194 valence electrons. The average molecular weight is 526 g/mol. The van der Waals surface area contributed by atoms with E-state index in [4.69, 9.17) is 21.9 Å². The molecule has 1 aliphatic rings. The van der Waals surface area contributed by atoms with E-state index in [1.54, 1.807) is 36.4 Å². The van der Waals surface area contributed by atoms with E-state index >= 15 is 0 Å². The van der Waals surface area contributed by atoms with E-state index < -0.39 is 0 Å². The van der Waals surface area contributed by atoms with Gasteiger partial charge in [0.1, 0.15) is 12.0 Å². The van der Waals surface area contributed by atoms with Crippen LogP contribution in [0.4, 0.5) is 17.1 Å². The number of aryl methyl sites for hydroxylation is 2. The molecule has 3 N–H and O–H groups in total. The number of carbonyl (C=O) groups excluding carboxylic acids is 1. The van der Waals surface area contributed by atoms with Crippen LogP contribution in [0.2, 0.25) is 0 Å². The molecule has 1 heterocycles. The molecular formula is C31H32ClN5O. The second kappa shape index (κ2) is 13.8. The number of benzene rings is 3. The molecule has 3 aromatic rings. The van der Waals surface area contributed by atoms with Gasteiger partial charge < -0.3 is 16.0 Å². The molecule has 6 nitrogen and oxygen atoms in total. The standard InChI is InChI=1S/C28H26ClN5O.C3H6/c1-3-25(29)27-32-18(2)31-23-9-5-6-19(15-23)10-11-21-16-24(33-27)12-13-26(21)34-28(35)22-8-4-7-20(14-22)17-30;1-3-2/h3-9,12-16,18,31H,10-11H2,1-2H3,(H,32,33)(H,34,35);3H,1H2,2H3/b25-3+;. The van der Waals surface area contributed by atoms with Gasteiger partial charge in [0.05, 0.1) is 16.7 Å². The van der Waals surface area contributed by atoms with Crippen molar-refractivity contribution >= 4 is 40.4 Å². The summed E-state index contributed by atoms with van der Waals surface area (Å²) in [6.07, 6.45) is 4.85. The number of amidine groups is 1. The fourth-order valence-corrected chi connectivity index (χ4v) is 4.01. The van der Waals surface area contributed by atoms with Crippen molar-refractivity contribution in [3.05, 3.63) is 113 Å². The molecule has 0 aliphatic carbocycles. The molecule has 0 aromatic heterocycles. The molecule has 1 amide bonds. The Hall–Kier alpha value is -4.34. The van der Waals surface area contributed by atoms with Crippen LogP contribution >= 0.6 is 11.6 Å². The number of allylic oxidation sites excluding steroid dienone is 2. The highest BCUT2D eigenvalue weighted by atomic mass is 35.5. The lowest BCUT2D eigenvalue weighted by molar-refractivity contribution is 0.102. The Balaban J connectivity index is 0.00000127. The lowest BCUT2D eigenvalue weighted by Crippen LogP contribution is -2.20. The molecule has 0 saturated carbocycles. The third-order valence-electron chi connectivity index (χ3n) is 5.66. The summed E-state index contributed by atoms with van der Waals surface area (Å²) >= 11 is 6.46. The summed E-state index contributed by atoms with van der Waals surface area (Å²) in [5.41, 5.74) is 5.54. The van der Waals surface area contributed by atoms with Crippen molar-refractivity contribution in [2.24, 2.45) is 4.99 Å². The Morgan fingerprint density at radius 3 is 2.61 bits per heavy atom. The molecule has 0 radical (unpaired) electrons. The summed E-state index contributed by atoms with van der Waals surface area (Å²) in [6.45, 7) is 9.08. The van der Waals surface area contributed by atoms with Gasteiger partial charge in [0, 0.05) is 22.6 Å². The molecule has 1 atom stereocenters. The van der Waals surface area contributed by atoms with Crippen LogP contribution in [0.3, 0.4) is 0 Å². The van der Waals surface area contributed by atoms with Crippen LogP contribution in [0.1, 0.15) is 47.8 Å². The Labute approximate surface area is 229 Å². The van der Waals surface area contributed by atoms with Gasteiger partial charge >= 0.3 is 0 Å². The lowest BCUT2D eigenvalue weighted by atomic mass is 10.0. The largest absolute Gasteiger partial charge is 0.364 e. The number of halogens is 1. The summed E-state index contributed by atoms with van der Waals surface area (Å²) in [4.78, 5) is 17.7. The summed E-state index contributed by atoms with van der Waals surface area (Å²) in [5, 5.41) is 19.4. The Bertz CT molecular complexity index is 1400. The maximum absolute atomic E-state index is 12.9. The number of hydrogen-bond acceptors (Lipinski definition) is 5. The molecule has 0 spiro atoms. The van der Waals surface area contributed by atoms with E-state index in [0.717, 1.165) is 29.0 Å². The molecule has 3 aromatic carbocycles. The molecule has 4 rings (SSSR count). The first-order chi connectivity index (χ1) is 18.4. The van der Waals surface area contributed by atoms with E-state index in [1.165, 1.54) is 5.56 Å². The Morgan fingerprint density at radius 1 is 1.11 bits per heavy atom. The van der Waals surface area contributed by atoms with Crippen molar-refractivity contribution in [2.45, 2.75) is 39.8 Å². The second-order valence-corrected chi connectivity index (χ2v) is 9.09. The number of nitrogens with zero attached hydrogens (tertiary/aromatic N) is 2. The van der Waals surface area contributed by atoms with Crippen molar-refractivity contribution < 1.29 is 4.79 Å². The smallest absolute Gasteiger partial charge is 0.255 e. The number of carbonyl (C=O) groups is 1. The summed E-state index contributed by atoms with van der Waals surface area (Å²) in [6, 6.07) is 22.8. The first-order valence-corrected chi connectivity index (χ1v) is 12.8.